The highest BCUT2D eigenvalue weighted by atomic mass is 35.5. The van der Waals surface area contributed by atoms with E-state index >= 15 is 0 Å². The van der Waals surface area contributed by atoms with Crippen molar-refractivity contribution < 1.29 is 9.59 Å². The van der Waals surface area contributed by atoms with Gasteiger partial charge >= 0.3 is 0 Å². The van der Waals surface area contributed by atoms with E-state index in [1.165, 1.54) is 18.5 Å². The van der Waals surface area contributed by atoms with E-state index < -0.39 is 5.78 Å². The predicted octanol–water partition coefficient (Wildman–Crippen LogP) is 3.00. The van der Waals surface area contributed by atoms with Crippen LogP contribution in [0.5, 0.6) is 0 Å². The summed E-state index contributed by atoms with van der Waals surface area (Å²) in [4.78, 5) is 30.3. The fraction of sp³-hybridized carbons (Fsp3) is 0.357. The SMILES string of the molecule is CN(C)/C=C(/C(=O)c1ncc(Cl)cc1Cl)C(=O)C1CC1. The maximum Gasteiger partial charge on any atom is 0.217 e. The van der Waals surface area contributed by atoms with Crippen molar-refractivity contribution >= 4 is 34.8 Å². The zero-order chi connectivity index (χ0) is 14.9. The number of carbonyl (C=O) groups excluding carboxylic acids is 2. The Morgan fingerprint density at radius 3 is 2.50 bits per heavy atom. The molecule has 1 saturated carbocycles. The monoisotopic (exact) mass is 312 g/mol. The molecule has 0 aliphatic heterocycles. The van der Waals surface area contributed by atoms with Gasteiger partial charge in [-0.05, 0) is 18.9 Å². The quantitative estimate of drug-likeness (QED) is 0.363. The summed E-state index contributed by atoms with van der Waals surface area (Å²) in [5.74, 6) is -0.648. The highest BCUT2D eigenvalue weighted by Crippen LogP contribution is 2.33. The van der Waals surface area contributed by atoms with Gasteiger partial charge in [-0.3, -0.25) is 9.59 Å². The van der Waals surface area contributed by atoms with E-state index in [0.29, 0.717) is 5.02 Å². The first kappa shape index (κ1) is 15.0. The van der Waals surface area contributed by atoms with Crippen LogP contribution in [0, 0.1) is 5.92 Å². The first-order chi connectivity index (χ1) is 9.40. The lowest BCUT2D eigenvalue weighted by atomic mass is 10.0. The van der Waals surface area contributed by atoms with Crippen LogP contribution in [0.2, 0.25) is 10.0 Å². The second-order valence-corrected chi connectivity index (χ2v) is 5.80. The second-order valence-electron chi connectivity index (χ2n) is 4.96. The van der Waals surface area contributed by atoms with Gasteiger partial charge in [0.1, 0.15) is 5.69 Å². The zero-order valence-electron chi connectivity index (χ0n) is 11.2. The zero-order valence-corrected chi connectivity index (χ0v) is 12.7. The Morgan fingerprint density at radius 1 is 1.35 bits per heavy atom. The van der Waals surface area contributed by atoms with Gasteiger partial charge in [0.05, 0.1) is 15.6 Å². The number of nitrogens with zero attached hydrogens (tertiary/aromatic N) is 2. The van der Waals surface area contributed by atoms with E-state index in [-0.39, 0.29) is 28.0 Å². The molecule has 0 N–H and O–H groups in total. The van der Waals surface area contributed by atoms with Crippen LogP contribution in [0.3, 0.4) is 0 Å². The molecule has 4 nitrogen and oxygen atoms in total. The summed E-state index contributed by atoms with van der Waals surface area (Å²) in [6, 6.07) is 1.44. The molecule has 1 aromatic rings. The number of carbonyl (C=O) groups is 2. The minimum absolute atomic E-state index is 0.0452. The Kier molecular flexibility index (Phi) is 4.45. The van der Waals surface area contributed by atoms with Crippen LogP contribution in [-0.4, -0.2) is 35.5 Å². The van der Waals surface area contributed by atoms with Gasteiger partial charge in [-0.25, -0.2) is 4.98 Å². The Balaban J connectivity index is 2.37. The number of hydrogen-bond donors (Lipinski definition) is 0. The molecule has 1 aromatic heterocycles. The third-order valence-electron chi connectivity index (χ3n) is 2.87. The van der Waals surface area contributed by atoms with Crippen molar-refractivity contribution in [2.24, 2.45) is 5.92 Å². The Morgan fingerprint density at radius 2 is 2.00 bits per heavy atom. The van der Waals surface area contributed by atoms with Crippen molar-refractivity contribution in [3.63, 3.8) is 0 Å². The Labute approximate surface area is 127 Å². The van der Waals surface area contributed by atoms with E-state index in [9.17, 15) is 9.59 Å². The van der Waals surface area contributed by atoms with Crippen molar-refractivity contribution in [3.8, 4) is 0 Å². The number of rotatable bonds is 5. The molecule has 1 aliphatic rings. The highest BCUT2D eigenvalue weighted by Gasteiger charge is 2.35. The summed E-state index contributed by atoms with van der Waals surface area (Å²) in [5, 5.41) is 0.494. The van der Waals surface area contributed by atoms with Crippen LogP contribution in [0.1, 0.15) is 23.3 Å². The van der Waals surface area contributed by atoms with E-state index in [1.54, 1.807) is 19.0 Å². The minimum Gasteiger partial charge on any atom is -0.383 e. The first-order valence-corrected chi connectivity index (χ1v) is 6.94. The molecule has 1 heterocycles. The second kappa shape index (κ2) is 5.94. The molecule has 0 amide bonds. The van der Waals surface area contributed by atoms with Crippen molar-refractivity contribution in [3.05, 3.63) is 39.8 Å². The van der Waals surface area contributed by atoms with Gasteiger partial charge in [0, 0.05) is 32.4 Å². The normalized spacial score (nSPS) is 15.1. The number of pyridine rings is 1. The standard InChI is InChI=1S/C14H14Cl2N2O2/c1-18(2)7-10(13(19)8-3-4-8)14(20)12-11(16)5-9(15)6-17-12/h5-8H,3-4H2,1-2H3/b10-7+. The molecule has 0 radical (unpaired) electrons. The fourth-order valence-electron chi connectivity index (χ4n) is 1.77. The molecule has 6 heteroatoms. The van der Waals surface area contributed by atoms with E-state index in [1.807, 2.05) is 0 Å². The molecule has 0 atom stereocenters. The van der Waals surface area contributed by atoms with E-state index in [0.717, 1.165) is 12.8 Å². The third kappa shape index (κ3) is 3.38. The number of aromatic nitrogens is 1. The average molecular weight is 313 g/mol. The first-order valence-electron chi connectivity index (χ1n) is 6.18. The predicted molar refractivity (Wildman–Crippen MR) is 78.1 cm³/mol. The number of ketones is 2. The van der Waals surface area contributed by atoms with Crippen LogP contribution >= 0.6 is 23.2 Å². The summed E-state index contributed by atoms with van der Waals surface area (Å²) >= 11 is 11.7. The van der Waals surface area contributed by atoms with Crippen molar-refractivity contribution in [2.45, 2.75) is 12.8 Å². The van der Waals surface area contributed by atoms with Crippen LogP contribution < -0.4 is 0 Å². The summed E-state index contributed by atoms with van der Waals surface area (Å²) in [5.41, 5.74) is 0.174. The molecular formula is C14H14Cl2N2O2. The molecule has 0 bridgehead atoms. The van der Waals surface area contributed by atoms with Gasteiger partial charge in [0.2, 0.25) is 5.78 Å². The van der Waals surface area contributed by atoms with Gasteiger partial charge < -0.3 is 4.90 Å². The van der Waals surface area contributed by atoms with Crippen molar-refractivity contribution in [1.29, 1.82) is 0 Å². The lowest BCUT2D eigenvalue weighted by Gasteiger charge is -2.11. The van der Waals surface area contributed by atoms with E-state index in [4.69, 9.17) is 23.2 Å². The van der Waals surface area contributed by atoms with Crippen LogP contribution in [-0.2, 0) is 4.79 Å². The molecule has 0 aromatic carbocycles. The molecule has 2 rings (SSSR count). The Hall–Kier alpha value is -1.39. The summed E-state index contributed by atoms with van der Waals surface area (Å²) < 4.78 is 0. The lowest BCUT2D eigenvalue weighted by Crippen LogP contribution is -2.19. The Bertz CT molecular complexity index is 593. The maximum absolute atomic E-state index is 12.5. The number of halogens is 2. The van der Waals surface area contributed by atoms with Gasteiger partial charge in [-0.2, -0.15) is 0 Å². The minimum atomic E-state index is -0.461. The maximum atomic E-state index is 12.5. The molecule has 20 heavy (non-hydrogen) atoms. The van der Waals surface area contributed by atoms with Crippen LogP contribution in [0.25, 0.3) is 0 Å². The topological polar surface area (TPSA) is 50.3 Å². The smallest absolute Gasteiger partial charge is 0.217 e. The molecule has 1 fully saturated rings. The van der Waals surface area contributed by atoms with Crippen LogP contribution in [0.4, 0.5) is 0 Å². The number of Topliss-reactive ketones (excluding diaryl/α,β-unsaturated/α-hetero) is 2. The summed E-state index contributed by atoms with van der Waals surface area (Å²) in [7, 11) is 3.51. The summed E-state index contributed by atoms with van der Waals surface area (Å²) in [6.07, 6.45) is 4.53. The van der Waals surface area contributed by atoms with Gasteiger partial charge in [0.25, 0.3) is 0 Å². The molecular weight excluding hydrogens is 299 g/mol. The van der Waals surface area contributed by atoms with Crippen molar-refractivity contribution in [2.75, 3.05) is 14.1 Å². The average Bonchev–Trinajstić information content (AvgIpc) is 3.18. The number of hydrogen-bond acceptors (Lipinski definition) is 4. The van der Waals surface area contributed by atoms with E-state index in [2.05, 4.69) is 4.98 Å². The molecule has 0 unspecified atom stereocenters. The lowest BCUT2D eigenvalue weighted by molar-refractivity contribution is -0.116. The highest BCUT2D eigenvalue weighted by molar-refractivity contribution is 6.38. The van der Waals surface area contributed by atoms with Crippen LogP contribution in [0.15, 0.2) is 24.0 Å². The molecule has 106 valence electrons. The third-order valence-corrected chi connectivity index (χ3v) is 3.36. The van der Waals surface area contributed by atoms with Gasteiger partial charge in [0.15, 0.2) is 5.78 Å². The number of allylic oxidation sites excluding steroid dienone is 1. The largest absolute Gasteiger partial charge is 0.383 e. The molecule has 1 aliphatic carbocycles. The van der Waals surface area contributed by atoms with Gasteiger partial charge in [-0.1, -0.05) is 23.2 Å². The van der Waals surface area contributed by atoms with Gasteiger partial charge in [-0.15, -0.1) is 0 Å². The molecule has 0 spiro atoms. The fourth-order valence-corrected chi connectivity index (χ4v) is 2.23. The molecule has 0 saturated heterocycles. The summed E-state index contributed by atoms with van der Waals surface area (Å²) in [6.45, 7) is 0. The van der Waals surface area contributed by atoms with Crippen molar-refractivity contribution in [1.82, 2.24) is 9.88 Å².